The number of carbonyl (C=O) groups excluding carboxylic acids is 2. The maximum absolute atomic E-state index is 13.4. The largest absolute Gasteiger partial charge is 0.459 e. The Bertz CT molecular complexity index is 1170. The van der Waals surface area contributed by atoms with E-state index in [1.165, 1.54) is 6.07 Å². The number of benzene rings is 3. The minimum Gasteiger partial charge on any atom is -0.459 e. The van der Waals surface area contributed by atoms with Crippen molar-refractivity contribution in [2.75, 3.05) is 0 Å². The number of nitrogens with one attached hydrogen (secondary N) is 2. The van der Waals surface area contributed by atoms with E-state index in [-0.39, 0.29) is 18.2 Å². The molecule has 0 saturated carbocycles. The predicted octanol–water partition coefficient (Wildman–Crippen LogP) is 5.08. The third kappa shape index (κ3) is 9.04. The summed E-state index contributed by atoms with van der Waals surface area (Å²) < 4.78 is 8.59. The van der Waals surface area contributed by atoms with E-state index in [1.807, 2.05) is 74.5 Å². The highest BCUT2D eigenvalue weighted by Gasteiger charge is 2.28. The number of hydrogen-bond donors (Lipinski definition) is 2. The fraction of sp³-hybridized carbons (Fsp3) is 0.286. The Morgan fingerprint density at radius 3 is 2.11 bits per heavy atom. The summed E-state index contributed by atoms with van der Waals surface area (Å²) in [4.78, 5) is 37.7. The van der Waals surface area contributed by atoms with Gasteiger partial charge in [-0.25, -0.2) is 9.52 Å². The van der Waals surface area contributed by atoms with E-state index >= 15 is 0 Å². The van der Waals surface area contributed by atoms with E-state index in [9.17, 15) is 19.7 Å². The summed E-state index contributed by atoms with van der Waals surface area (Å²) in [6, 6.07) is 23.5. The van der Waals surface area contributed by atoms with Crippen LogP contribution in [0.2, 0.25) is 0 Å². The van der Waals surface area contributed by atoms with Crippen LogP contribution in [0.25, 0.3) is 0 Å². The summed E-state index contributed by atoms with van der Waals surface area (Å²) in [5.74, 6) is -0.760. The molecule has 0 spiro atoms. The molecule has 3 aromatic carbocycles. The SMILES string of the molecule is CC(C)C[C@H](NC(=O)[C@H](Cc1ccccc1)NSc1ccccc1[N+](=O)[O-])C(=O)OCc1ccccc1. The molecule has 0 fully saturated rings. The van der Waals surface area contributed by atoms with Gasteiger partial charge in [0, 0.05) is 6.07 Å². The van der Waals surface area contributed by atoms with E-state index in [0.717, 1.165) is 23.1 Å². The molecule has 0 unspecified atom stereocenters. The normalized spacial score (nSPS) is 12.5. The van der Waals surface area contributed by atoms with Crippen LogP contribution in [0, 0.1) is 16.0 Å². The molecule has 0 aliphatic rings. The molecule has 0 heterocycles. The van der Waals surface area contributed by atoms with Crippen molar-refractivity contribution in [3.05, 3.63) is 106 Å². The van der Waals surface area contributed by atoms with Gasteiger partial charge in [-0.3, -0.25) is 14.9 Å². The molecule has 0 aromatic heterocycles. The molecule has 0 radical (unpaired) electrons. The third-order valence-electron chi connectivity index (χ3n) is 5.50. The van der Waals surface area contributed by atoms with Crippen LogP contribution in [0.5, 0.6) is 0 Å². The lowest BCUT2D eigenvalue weighted by molar-refractivity contribution is -0.387. The first-order valence-corrected chi connectivity index (χ1v) is 12.9. The van der Waals surface area contributed by atoms with Gasteiger partial charge in [0.15, 0.2) is 0 Å². The molecule has 0 bridgehead atoms. The predicted molar refractivity (Wildman–Crippen MR) is 144 cm³/mol. The van der Waals surface area contributed by atoms with Gasteiger partial charge in [0.2, 0.25) is 5.91 Å². The van der Waals surface area contributed by atoms with Crippen molar-refractivity contribution in [1.29, 1.82) is 0 Å². The van der Waals surface area contributed by atoms with Crippen LogP contribution in [0.3, 0.4) is 0 Å². The lowest BCUT2D eigenvalue weighted by Crippen LogP contribution is -2.50. The lowest BCUT2D eigenvalue weighted by atomic mass is 10.0. The number of para-hydroxylation sites is 1. The van der Waals surface area contributed by atoms with Gasteiger partial charge < -0.3 is 10.1 Å². The summed E-state index contributed by atoms with van der Waals surface area (Å²) in [5, 5.41) is 14.3. The molecule has 1 amide bonds. The number of amides is 1. The van der Waals surface area contributed by atoms with Gasteiger partial charge >= 0.3 is 5.97 Å². The highest BCUT2D eigenvalue weighted by molar-refractivity contribution is 7.97. The van der Waals surface area contributed by atoms with Gasteiger partial charge in [-0.1, -0.05) is 86.6 Å². The number of rotatable bonds is 13. The second kappa shape index (κ2) is 14.2. The van der Waals surface area contributed by atoms with Crippen molar-refractivity contribution in [3.8, 4) is 0 Å². The maximum Gasteiger partial charge on any atom is 0.328 e. The van der Waals surface area contributed by atoms with Gasteiger partial charge in [0.25, 0.3) is 5.69 Å². The first-order chi connectivity index (χ1) is 17.8. The Kier molecular flexibility index (Phi) is 10.7. The topological polar surface area (TPSA) is 111 Å². The molecule has 9 heteroatoms. The van der Waals surface area contributed by atoms with Crippen molar-refractivity contribution >= 4 is 29.5 Å². The summed E-state index contributed by atoms with van der Waals surface area (Å²) in [6.07, 6.45) is 0.739. The van der Waals surface area contributed by atoms with Crippen LogP contribution in [-0.4, -0.2) is 28.9 Å². The number of nitro groups is 1. The maximum atomic E-state index is 13.4. The molecule has 0 saturated heterocycles. The van der Waals surface area contributed by atoms with E-state index in [4.69, 9.17) is 4.74 Å². The first kappa shape index (κ1) is 27.9. The fourth-order valence-corrected chi connectivity index (χ4v) is 4.51. The Morgan fingerprint density at radius 2 is 1.49 bits per heavy atom. The molecule has 0 aliphatic heterocycles. The second-order valence-electron chi connectivity index (χ2n) is 8.97. The number of nitrogens with zero attached hydrogens (tertiary/aromatic N) is 1. The average Bonchev–Trinajstić information content (AvgIpc) is 2.90. The number of hydrogen-bond acceptors (Lipinski definition) is 7. The molecule has 194 valence electrons. The quantitative estimate of drug-likeness (QED) is 0.140. The molecule has 3 rings (SSSR count). The van der Waals surface area contributed by atoms with Gasteiger partial charge in [0.1, 0.15) is 23.6 Å². The van der Waals surface area contributed by atoms with Gasteiger partial charge in [-0.2, -0.15) is 0 Å². The van der Waals surface area contributed by atoms with Crippen molar-refractivity contribution in [1.82, 2.24) is 10.0 Å². The number of esters is 1. The Labute approximate surface area is 221 Å². The van der Waals surface area contributed by atoms with Crippen molar-refractivity contribution in [2.24, 2.45) is 5.92 Å². The van der Waals surface area contributed by atoms with Gasteiger partial charge in [-0.05, 0) is 47.9 Å². The third-order valence-corrected chi connectivity index (χ3v) is 6.47. The van der Waals surface area contributed by atoms with Crippen LogP contribution >= 0.6 is 11.9 Å². The van der Waals surface area contributed by atoms with Crippen LogP contribution in [0.4, 0.5) is 5.69 Å². The smallest absolute Gasteiger partial charge is 0.328 e. The molecular formula is C28H31N3O5S. The molecular weight excluding hydrogens is 490 g/mol. The zero-order valence-corrected chi connectivity index (χ0v) is 21.6. The summed E-state index contributed by atoms with van der Waals surface area (Å²) in [7, 11) is 0. The highest BCUT2D eigenvalue weighted by Crippen LogP contribution is 2.27. The summed E-state index contributed by atoms with van der Waals surface area (Å²) in [5.41, 5.74) is 1.71. The number of nitro benzene ring substituents is 1. The first-order valence-electron chi connectivity index (χ1n) is 12.0. The van der Waals surface area contributed by atoms with Crippen molar-refractivity contribution in [3.63, 3.8) is 0 Å². The Hall–Kier alpha value is -3.69. The zero-order valence-electron chi connectivity index (χ0n) is 20.8. The summed E-state index contributed by atoms with van der Waals surface area (Å²) in [6.45, 7) is 4.05. The standard InChI is InChI=1S/C28H31N3O5S/c1-20(2)17-24(28(33)36-19-22-13-7-4-8-14-22)29-27(32)23(18-21-11-5-3-6-12-21)30-37-26-16-10-9-15-25(26)31(34)35/h3-16,20,23-24,30H,17-19H2,1-2H3,(H,29,32)/t23-,24-/m0/s1. The van der Waals surface area contributed by atoms with Crippen molar-refractivity contribution in [2.45, 2.75) is 50.3 Å². The molecule has 37 heavy (non-hydrogen) atoms. The number of ether oxygens (including phenoxy) is 1. The van der Waals surface area contributed by atoms with Crippen LogP contribution in [-0.2, 0) is 27.4 Å². The lowest BCUT2D eigenvalue weighted by Gasteiger charge is -2.23. The monoisotopic (exact) mass is 521 g/mol. The van der Waals surface area contributed by atoms with Gasteiger partial charge in [-0.15, -0.1) is 0 Å². The summed E-state index contributed by atoms with van der Waals surface area (Å²) >= 11 is 1.02. The molecule has 0 aliphatic carbocycles. The van der Waals surface area contributed by atoms with Crippen LogP contribution < -0.4 is 10.0 Å². The van der Waals surface area contributed by atoms with Crippen molar-refractivity contribution < 1.29 is 19.2 Å². The minimum atomic E-state index is -0.827. The fourth-order valence-electron chi connectivity index (χ4n) is 3.65. The number of carbonyl (C=O) groups is 2. The van der Waals surface area contributed by atoms with E-state index in [0.29, 0.717) is 17.7 Å². The molecule has 2 N–H and O–H groups in total. The second-order valence-corrected chi connectivity index (χ2v) is 9.85. The molecule has 3 aromatic rings. The van der Waals surface area contributed by atoms with Crippen LogP contribution in [0.1, 0.15) is 31.4 Å². The highest BCUT2D eigenvalue weighted by atomic mass is 32.2. The molecule has 8 nitrogen and oxygen atoms in total. The Morgan fingerprint density at radius 1 is 0.892 bits per heavy atom. The van der Waals surface area contributed by atoms with E-state index < -0.39 is 28.9 Å². The molecule has 2 atom stereocenters. The Balaban J connectivity index is 1.74. The zero-order chi connectivity index (χ0) is 26.6. The van der Waals surface area contributed by atoms with E-state index in [1.54, 1.807) is 18.2 Å². The van der Waals surface area contributed by atoms with Gasteiger partial charge in [0.05, 0.1) is 4.92 Å². The van der Waals surface area contributed by atoms with Crippen LogP contribution in [0.15, 0.2) is 89.8 Å². The van der Waals surface area contributed by atoms with E-state index in [2.05, 4.69) is 10.0 Å². The minimum absolute atomic E-state index is 0.0546. The average molecular weight is 522 g/mol.